The van der Waals surface area contributed by atoms with E-state index in [-0.39, 0.29) is 45.5 Å². The van der Waals surface area contributed by atoms with E-state index in [4.69, 9.17) is 4.74 Å². The second kappa shape index (κ2) is 15.7. The smallest absolute Gasteiger partial charge is 0.302 e. The third-order valence-corrected chi connectivity index (χ3v) is 4.62. The molecular weight excluding hydrogens is 456 g/mol. The molecule has 0 fully saturated rings. The maximum atomic E-state index is 10.9. The molecule has 30 heavy (non-hydrogen) atoms. The summed E-state index contributed by atoms with van der Waals surface area (Å²) in [6.45, 7) is 4.09. The van der Waals surface area contributed by atoms with Gasteiger partial charge in [0.25, 0.3) is 0 Å². The van der Waals surface area contributed by atoms with E-state index >= 15 is 0 Å². The van der Waals surface area contributed by atoms with E-state index in [0.29, 0.717) is 6.61 Å². The Morgan fingerprint density at radius 2 is 1.20 bits per heavy atom. The molecule has 4 aromatic rings. The van der Waals surface area contributed by atoms with E-state index in [1.54, 1.807) is 0 Å². The molecule has 0 aliphatic rings. The summed E-state index contributed by atoms with van der Waals surface area (Å²) in [6.07, 6.45) is 0.792. The molecule has 0 unspecified atom stereocenters. The summed E-state index contributed by atoms with van der Waals surface area (Å²) in [7, 11) is 0. The molecule has 0 saturated heterocycles. The third-order valence-electron chi connectivity index (χ3n) is 4.62. The maximum Gasteiger partial charge on any atom is 0.302 e. The van der Waals surface area contributed by atoms with Gasteiger partial charge in [0.2, 0.25) is 0 Å². The van der Waals surface area contributed by atoms with Crippen molar-refractivity contribution < 1.29 is 43.7 Å². The van der Waals surface area contributed by atoms with Gasteiger partial charge in [0.1, 0.15) is 0 Å². The summed E-state index contributed by atoms with van der Waals surface area (Å²) in [5, 5.41) is 0. The van der Waals surface area contributed by atoms with Gasteiger partial charge in [-0.05, 0) is 6.42 Å². The van der Waals surface area contributed by atoms with Crippen LogP contribution in [0.5, 0.6) is 0 Å². The molecular formula is C26H28Fe2O2-8. The normalized spacial score (nSPS) is 9.53. The topological polar surface area (TPSA) is 26.3 Å². The number of hydrogen-bond donors (Lipinski definition) is 0. The number of esters is 1. The zero-order chi connectivity index (χ0) is 20.1. The molecule has 0 heterocycles. The van der Waals surface area contributed by atoms with Crippen molar-refractivity contribution >= 4 is 5.97 Å². The van der Waals surface area contributed by atoms with Gasteiger partial charge < -0.3 is 35.1 Å². The number of ether oxygens (including phenoxy) is 1. The monoisotopic (exact) mass is 484 g/mol. The quantitative estimate of drug-likeness (QED) is 0.192. The van der Waals surface area contributed by atoms with Gasteiger partial charge in [0.05, 0.1) is 6.61 Å². The fourth-order valence-electron chi connectivity index (χ4n) is 2.98. The number of rotatable bonds is 5. The predicted octanol–water partition coefficient (Wildman–Crippen LogP) is 6.19. The molecule has 2 nitrogen and oxygen atoms in total. The molecule has 0 aliphatic heterocycles. The third kappa shape index (κ3) is 9.61. The predicted molar refractivity (Wildman–Crippen MR) is 116 cm³/mol. The first-order valence-electron chi connectivity index (χ1n) is 9.54. The van der Waals surface area contributed by atoms with Crippen molar-refractivity contribution in [2.75, 3.05) is 6.61 Å². The summed E-state index contributed by atoms with van der Waals surface area (Å²) in [5.74, 6) is -0.220. The first-order valence-corrected chi connectivity index (χ1v) is 9.54. The molecule has 0 saturated carbocycles. The van der Waals surface area contributed by atoms with Gasteiger partial charge >= 0.3 is 5.97 Å². The standard InChI is InChI=1S/C16H18O2.2C5H5.2Fe/c1-13(17)18-12-11-16(2,14-7-3-4-8-14)15-9-5-6-10-15;2*1-2-4-5-3-1;;/h3-10H,11-12H2,1-2H3;2*1-5H;;/q-2;-5;-1;;. The Kier molecular flexibility index (Phi) is 14.6. The van der Waals surface area contributed by atoms with Crippen molar-refractivity contribution in [1.82, 2.24) is 0 Å². The van der Waals surface area contributed by atoms with Crippen LogP contribution in [-0.2, 0) is 49.1 Å². The Bertz CT molecular complexity index is 732. The second-order valence-electron chi connectivity index (χ2n) is 6.69. The maximum absolute atomic E-state index is 10.9. The Hall–Kier alpha value is -2.09. The largest absolute Gasteiger partial charge is 0.748 e. The van der Waals surface area contributed by atoms with E-state index in [1.807, 2.05) is 84.9 Å². The number of carbonyl (C=O) groups excluding carboxylic acids is 1. The molecule has 0 aromatic heterocycles. The molecule has 0 atom stereocenters. The van der Waals surface area contributed by atoms with Crippen molar-refractivity contribution in [1.29, 1.82) is 0 Å². The molecule has 0 aliphatic carbocycles. The van der Waals surface area contributed by atoms with Crippen LogP contribution >= 0.6 is 0 Å². The van der Waals surface area contributed by atoms with Crippen LogP contribution in [0.2, 0.25) is 0 Å². The van der Waals surface area contributed by atoms with Crippen LogP contribution in [0.25, 0.3) is 0 Å². The average Bonchev–Trinajstić information content (AvgIpc) is 3.51. The van der Waals surface area contributed by atoms with E-state index in [2.05, 4.69) is 31.2 Å². The minimum absolute atomic E-state index is 0. The van der Waals surface area contributed by atoms with E-state index in [9.17, 15) is 4.79 Å². The summed E-state index contributed by atoms with van der Waals surface area (Å²) in [5.41, 5.74) is 2.43. The molecule has 0 N–H and O–H groups in total. The minimum Gasteiger partial charge on any atom is -0.748 e. The van der Waals surface area contributed by atoms with Gasteiger partial charge in [-0.3, -0.25) is 4.79 Å². The average molecular weight is 484 g/mol. The van der Waals surface area contributed by atoms with Crippen LogP contribution in [-0.4, -0.2) is 12.6 Å². The van der Waals surface area contributed by atoms with Crippen LogP contribution in [0.15, 0.2) is 109 Å². The SMILES string of the molecule is CC(=O)OCCC(C)([c-]1cccc1)[c-]1cccc1.[Fe].[Fe].[cH-]1[cH-][cH-][cH-][cH-]1.c1cc[cH-]c1. The fraction of sp³-hybridized carbons (Fsp3) is 0.192. The van der Waals surface area contributed by atoms with Crippen molar-refractivity contribution in [3.63, 3.8) is 0 Å². The Balaban J connectivity index is 0.000000575. The van der Waals surface area contributed by atoms with Crippen LogP contribution in [0.1, 0.15) is 31.4 Å². The van der Waals surface area contributed by atoms with Crippen LogP contribution in [0.3, 0.4) is 0 Å². The summed E-state index contributed by atoms with van der Waals surface area (Å²) in [4.78, 5) is 10.9. The number of hydrogen-bond acceptors (Lipinski definition) is 2. The van der Waals surface area contributed by atoms with Gasteiger partial charge in [0.15, 0.2) is 0 Å². The van der Waals surface area contributed by atoms with E-state index in [0.717, 1.165) is 6.42 Å². The van der Waals surface area contributed by atoms with Gasteiger partial charge in [-0.25, -0.2) is 36.4 Å². The molecule has 0 amide bonds. The Labute approximate surface area is 201 Å². The van der Waals surface area contributed by atoms with Crippen LogP contribution in [0, 0.1) is 0 Å². The molecule has 168 valence electrons. The second-order valence-corrected chi connectivity index (χ2v) is 6.69. The summed E-state index contributed by atoms with van der Waals surface area (Å²) >= 11 is 0. The fourth-order valence-corrected chi connectivity index (χ4v) is 2.98. The summed E-state index contributed by atoms with van der Waals surface area (Å²) < 4.78 is 5.09. The molecule has 0 spiro atoms. The minimum atomic E-state index is -0.220. The van der Waals surface area contributed by atoms with Crippen molar-refractivity contribution in [2.45, 2.75) is 25.7 Å². The molecule has 0 bridgehead atoms. The number of carbonyl (C=O) groups is 1. The van der Waals surface area contributed by atoms with Gasteiger partial charge in [0, 0.05) is 41.1 Å². The van der Waals surface area contributed by atoms with E-state index in [1.165, 1.54) is 18.1 Å². The van der Waals surface area contributed by atoms with Crippen molar-refractivity contribution in [3.8, 4) is 0 Å². The first kappa shape index (κ1) is 27.9. The van der Waals surface area contributed by atoms with Gasteiger partial charge in [-0.1, -0.05) is 12.3 Å². The molecule has 4 rings (SSSR count). The van der Waals surface area contributed by atoms with Gasteiger partial charge in [-0.2, -0.15) is 53.6 Å². The zero-order valence-corrected chi connectivity index (χ0v) is 19.5. The first-order chi connectivity index (χ1) is 13.6. The van der Waals surface area contributed by atoms with E-state index < -0.39 is 0 Å². The Morgan fingerprint density at radius 1 is 0.800 bits per heavy atom. The van der Waals surface area contributed by atoms with Gasteiger partial charge in [-0.15, -0.1) is 0 Å². The zero-order valence-electron chi connectivity index (χ0n) is 17.3. The summed E-state index contributed by atoms with van der Waals surface area (Å²) in [6, 6.07) is 36.7. The van der Waals surface area contributed by atoms with Crippen LogP contribution < -0.4 is 0 Å². The Morgan fingerprint density at radius 3 is 1.50 bits per heavy atom. The molecule has 4 heteroatoms. The van der Waals surface area contributed by atoms with Crippen molar-refractivity contribution in [2.24, 2.45) is 0 Å². The molecule has 4 aromatic carbocycles. The molecule has 0 radical (unpaired) electrons. The van der Waals surface area contributed by atoms with Crippen LogP contribution in [0.4, 0.5) is 0 Å². The van der Waals surface area contributed by atoms with Crippen molar-refractivity contribution in [3.05, 3.63) is 120 Å².